The summed E-state index contributed by atoms with van der Waals surface area (Å²) < 4.78 is 53.3. The van der Waals surface area contributed by atoms with Gasteiger partial charge in [0.25, 0.3) is 5.56 Å². The highest BCUT2D eigenvalue weighted by molar-refractivity contribution is 5.69. The smallest absolute Gasteiger partial charge is 0.328 e. The van der Waals surface area contributed by atoms with E-state index in [0.29, 0.717) is 0 Å². The van der Waals surface area contributed by atoms with Crippen LogP contribution in [-0.2, 0) is 20.6 Å². The summed E-state index contributed by atoms with van der Waals surface area (Å²) in [5.41, 5.74) is -1.79. The third-order valence-electron chi connectivity index (χ3n) is 3.02. The van der Waals surface area contributed by atoms with Gasteiger partial charge >= 0.3 is 5.69 Å². The van der Waals surface area contributed by atoms with Gasteiger partial charge in [-0.25, -0.2) is 14.2 Å². The Hall–Kier alpha value is -1.92. The summed E-state index contributed by atoms with van der Waals surface area (Å²) in [6.45, 7) is -1.68. The third kappa shape index (κ3) is 2.52. The number of hydrogen-bond acceptors (Lipinski definition) is 3. The standard InChI is InChI=1S/C13H19FN4O2/c1-9(14)6-4-5-7-18-12(19)10-11(15-8-16(10)2)17(3)13(18)20/h8-9H,4-7H2,1-3H3/t9-/m0/s1/i2D3,6D2. The summed E-state index contributed by atoms with van der Waals surface area (Å²) in [7, 11) is 1.36. The van der Waals surface area contributed by atoms with Crippen molar-refractivity contribution in [2.45, 2.75) is 38.9 Å². The maximum absolute atomic E-state index is 13.2. The topological polar surface area (TPSA) is 61.8 Å². The van der Waals surface area contributed by atoms with E-state index in [0.717, 1.165) is 27.0 Å². The van der Waals surface area contributed by atoms with Crippen molar-refractivity contribution in [1.29, 1.82) is 0 Å². The van der Waals surface area contributed by atoms with E-state index in [1.54, 1.807) is 0 Å². The predicted molar refractivity (Wildman–Crippen MR) is 74.6 cm³/mol. The average Bonchev–Trinajstić information content (AvgIpc) is 2.93. The highest BCUT2D eigenvalue weighted by atomic mass is 19.1. The number of alkyl halides is 1. The summed E-state index contributed by atoms with van der Waals surface area (Å²) in [4.78, 5) is 28.7. The van der Waals surface area contributed by atoms with Crippen LogP contribution in [0.1, 0.15) is 33.0 Å². The summed E-state index contributed by atoms with van der Waals surface area (Å²) in [6, 6.07) is 0. The molecule has 1 atom stereocenters. The minimum atomic E-state index is -2.63. The van der Waals surface area contributed by atoms with Crippen molar-refractivity contribution in [3.63, 3.8) is 0 Å². The van der Waals surface area contributed by atoms with E-state index in [1.807, 2.05) is 0 Å². The van der Waals surface area contributed by atoms with E-state index in [1.165, 1.54) is 7.05 Å². The summed E-state index contributed by atoms with van der Waals surface area (Å²) in [5, 5.41) is 0. The summed E-state index contributed by atoms with van der Waals surface area (Å²) in [5.74, 6) is 0. The van der Waals surface area contributed by atoms with Crippen LogP contribution >= 0.6 is 0 Å². The van der Waals surface area contributed by atoms with Gasteiger partial charge in [0.1, 0.15) is 0 Å². The summed E-state index contributed by atoms with van der Waals surface area (Å²) >= 11 is 0. The number of nitrogens with zero attached hydrogens (tertiary/aromatic N) is 4. The molecule has 0 aliphatic heterocycles. The van der Waals surface area contributed by atoms with Crippen molar-refractivity contribution in [3.8, 4) is 0 Å². The Morgan fingerprint density at radius 1 is 1.50 bits per heavy atom. The number of hydrogen-bond donors (Lipinski definition) is 0. The van der Waals surface area contributed by atoms with Crippen molar-refractivity contribution >= 4 is 11.2 Å². The largest absolute Gasteiger partial charge is 0.332 e. The predicted octanol–water partition coefficient (Wildman–Crippen LogP) is 0.962. The molecule has 0 fully saturated rings. The Morgan fingerprint density at radius 2 is 2.25 bits per heavy atom. The fourth-order valence-electron chi connectivity index (χ4n) is 2.00. The van der Waals surface area contributed by atoms with Crippen LogP contribution in [0.4, 0.5) is 4.39 Å². The van der Waals surface area contributed by atoms with E-state index in [9.17, 15) is 14.0 Å². The van der Waals surface area contributed by atoms with Gasteiger partial charge in [0.2, 0.25) is 0 Å². The lowest BCUT2D eigenvalue weighted by molar-refractivity contribution is 0.328. The molecule has 0 saturated carbocycles. The molecule has 0 radical (unpaired) electrons. The second kappa shape index (κ2) is 5.60. The fraction of sp³-hybridized carbons (Fsp3) is 0.615. The zero-order chi connectivity index (χ0) is 19.2. The van der Waals surface area contributed by atoms with Gasteiger partial charge in [-0.3, -0.25) is 13.9 Å². The average molecular weight is 287 g/mol. The van der Waals surface area contributed by atoms with Gasteiger partial charge in [-0.2, -0.15) is 0 Å². The number of rotatable bonds is 5. The van der Waals surface area contributed by atoms with Crippen molar-refractivity contribution in [2.24, 2.45) is 14.0 Å². The van der Waals surface area contributed by atoms with Crippen LogP contribution in [0.3, 0.4) is 0 Å². The van der Waals surface area contributed by atoms with Crippen LogP contribution in [0.5, 0.6) is 0 Å². The van der Waals surface area contributed by atoms with Crippen molar-refractivity contribution in [3.05, 3.63) is 27.2 Å². The third-order valence-corrected chi connectivity index (χ3v) is 3.02. The Bertz CT molecular complexity index is 897. The van der Waals surface area contributed by atoms with Gasteiger partial charge in [0.05, 0.1) is 12.5 Å². The van der Waals surface area contributed by atoms with Crippen molar-refractivity contribution in [2.75, 3.05) is 0 Å². The molecule has 6 nitrogen and oxygen atoms in total. The Balaban J connectivity index is 2.48. The lowest BCUT2D eigenvalue weighted by Crippen LogP contribution is -2.39. The Morgan fingerprint density at radius 3 is 2.90 bits per heavy atom. The lowest BCUT2D eigenvalue weighted by atomic mass is 10.2. The van der Waals surface area contributed by atoms with Gasteiger partial charge < -0.3 is 4.57 Å². The molecule has 0 spiro atoms. The molecule has 7 heteroatoms. The van der Waals surface area contributed by atoms with Crippen molar-refractivity contribution < 1.29 is 11.2 Å². The molecule has 2 rings (SSSR count). The fourth-order valence-corrected chi connectivity index (χ4v) is 2.00. The number of fused-ring (bicyclic) bond motifs is 1. The molecule has 0 N–H and O–H groups in total. The SMILES string of the molecule is [2H]C([2H])(CCCn1c(=O)c2c(ncn2C([2H])([2H])[2H])n(C)c1=O)[C@H](C)F. The number of imidazole rings is 1. The first-order valence-corrected chi connectivity index (χ1v) is 6.19. The van der Waals surface area contributed by atoms with E-state index >= 15 is 0 Å². The molecule has 110 valence electrons. The van der Waals surface area contributed by atoms with Crippen LogP contribution < -0.4 is 11.2 Å². The molecule has 0 aliphatic carbocycles. The van der Waals surface area contributed by atoms with Crippen LogP contribution in [0, 0.1) is 0 Å². The summed E-state index contributed by atoms with van der Waals surface area (Å²) in [6.07, 6.45) is -2.92. The van der Waals surface area contributed by atoms with Crippen LogP contribution in [0.25, 0.3) is 11.2 Å². The zero-order valence-electron chi connectivity index (χ0n) is 16.3. The number of halogens is 1. The van der Waals surface area contributed by atoms with Gasteiger partial charge in [0.15, 0.2) is 11.2 Å². The van der Waals surface area contributed by atoms with E-state index in [4.69, 9.17) is 6.85 Å². The molecule has 2 heterocycles. The molecule has 0 aliphatic rings. The number of aryl methyl sites for hydroxylation is 2. The Kier molecular flexibility index (Phi) is 2.55. The molecule has 2 aromatic heterocycles. The maximum Gasteiger partial charge on any atom is 0.332 e. The first kappa shape index (κ1) is 9.10. The normalized spacial score (nSPS) is 18.1. The van der Waals surface area contributed by atoms with Crippen molar-refractivity contribution in [1.82, 2.24) is 18.7 Å². The molecule has 0 bridgehead atoms. The van der Waals surface area contributed by atoms with E-state index < -0.39 is 30.8 Å². The first-order valence-electron chi connectivity index (χ1n) is 8.69. The molecule has 2 aromatic rings. The monoisotopic (exact) mass is 287 g/mol. The van der Waals surface area contributed by atoms with E-state index in [2.05, 4.69) is 4.98 Å². The first-order chi connectivity index (χ1) is 11.4. The minimum Gasteiger partial charge on any atom is -0.328 e. The molecule has 0 amide bonds. The number of aromatic nitrogens is 4. The molecular weight excluding hydrogens is 263 g/mol. The van der Waals surface area contributed by atoms with Crippen LogP contribution in [0.2, 0.25) is 0 Å². The van der Waals surface area contributed by atoms with Gasteiger partial charge in [-0.15, -0.1) is 0 Å². The van der Waals surface area contributed by atoms with Crippen LogP contribution in [-0.4, -0.2) is 24.9 Å². The van der Waals surface area contributed by atoms with Crippen LogP contribution in [0.15, 0.2) is 15.9 Å². The second-order valence-electron chi connectivity index (χ2n) is 4.51. The molecule has 0 saturated heterocycles. The maximum atomic E-state index is 13.2. The molecule has 0 unspecified atom stereocenters. The zero-order valence-corrected chi connectivity index (χ0v) is 11.3. The Labute approximate surface area is 122 Å². The van der Waals surface area contributed by atoms with E-state index in [-0.39, 0.29) is 30.6 Å². The lowest BCUT2D eigenvalue weighted by Gasteiger charge is -2.08. The molecular formula is C13H19FN4O2. The minimum absolute atomic E-state index is 0.0455. The highest BCUT2D eigenvalue weighted by Gasteiger charge is 2.14. The van der Waals surface area contributed by atoms with Gasteiger partial charge in [0, 0.05) is 27.4 Å². The molecule has 0 aromatic carbocycles. The second-order valence-corrected chi connectivity index (χ2v) is 4.51. The van der Waals surface area contributed by atoms with Gasteiger partial charge in [-0.1, -0.05) is 0 Å². The molecule has 20 heavy (non-hydrogen) atoms. The quantitative estimate of drug-likeness (QED) is 0.823. The van der Waals surface area contributed by atoms with Gasteiger partial charge in [-0.05, 0) is 26.1 Å². The highest BCUT2D eigenvalue weighted by Crippen LogP contribution is 2.06.